The van der Waals surface area contributed by atoms with Crippen LogP contribution in [0.5, 0.6) is 0 Å². The van der Waals surface area contributed by atoms with Gasteiger partial charge in [0.05, 0.1) is 6.10 Å². The van der Waals surface area contributed by atoms with Crippen LogP contribution in [-0.2, 0) is 7.05 Å². The summed E-state index contributed by atoms with van der Waals surface area (Å²) in [6, 6.07) is 6.37. The molecule has 1 aromatic heterocycles. The second kappa shape index (κ2) is 4.74. The van der Waals surface area contributed by atoms with Crippen molar-refractivity contribution in [2.75, 3.05) is 0 Å². The van der Waals surface area contributed by atoms with Gasteiger partial charge in [0.2, 0.25) is 0 Å². The average molecular weight is 261 g/mol. The second-order valence-electron chi connectivity index (χ2n) is 5.13. The lowest BCUT2D eigenvalue weighted by molar-refractivity contribution is 0.160. The van der Waals surface area contributed by atoms with Gasteiger partial charge >= 0.3 is 0 Å². The molecule has 5 heteroatoms. The SMILES string of the molecule is Cn1cnnc1C1CCC(O)C1c1ccc(F)cc1. The van der Waals surface area contributed by atoms with Gasteiger partial charge < -0.3 is 9.67 Å². The quantitative estimate of drug-likeness (QED) is 0.899. The molecule has 0 spiro atoms. The highest BCUT2D eigenvalue weighted by Crippen LogP contribution is 2.45. The van der Waals surface area contributed by atoms with Crippen LogP contribution in [0, 0.1) is 5.82 Å². The molecule has 0 aliphatic heterocycles. The highest BCUT2D eigenvalue weighted by molar-refractivity contribution is 5.27. The molecule has 3 unspecified atom stereocenters. The highest BCUT2D eigenvalue weighted by Gasteiger charge is 2.39. The minimum absolute atomic E-state index is 0.0384. The molecule has 0 bridgehead atoms. The molecule has 0 amide bonds. The molecule has 1 heterocycles. The summed E-state index contributed by atoms with van der Waals surface area (Å²) in [6.45, 7) is 0. The number of aliphatic hydroxyl groups is 1. The monoisotopic (exact) mass is 261 g/mol. The van der Waals surface area contributed by atoms with Crippen molar-refractivity contribution in [1.82, 2.24) is 14.8 Å². The summed E-state index contributed by atoms with van der Waals surface area (Å²) >= 11 is 0. The van der Waals surface area contributed by atoms with Gasteiger partial charge in [0.1, 0.15) is 18.0 Å². The van der Waals surface area contributed by atoms with E-state index in [1.165, 1.54) is 12.1 Å². The molecule has 19 heavy (non-hydrogen) atoms. The highest BCUT2D eigenvalue weighted by atomic mass is 19.1. The van der Waals surface area contributed by atoms with Gasteiger partial charge in [-0.2, -0.15) is 0 Å². The Morgan fingerprint density at radius 2 is 2.00 bits per heavy atom. The third-order valence-electron chi connectivity index (χ3n) is 3.95. The topological polar surface area (TPSA) is 50.9 Å². The van der Waals surface area contributed by atoms with Crippen LogP contribution in [0.3, 0.4) is 0 Å². The molecule has 1 saturated carbocycles. The van der Waals surface area contributed by atoms with Crippen molar-refractivity contribution >= 4 is 0 Å². The Bertz CT molecular complexity index is 566. The number of aryl methyl sites for hydroxylation is 1. The average Bonchev–Trinajstić information content (AvgIpc) is 2.97. The van der Waals surface area contributed by atoms with E-state index >= 15 is 0 Å². The maximum absolute atomic E-state index is 13.0. The van der Waals surface area contributed by atoms with E-state index in [1.807, 2.05) is 11.6 Å². The summed E-state index contributed by atoms with van der Waals surface area (Å²) < 4.78 is 14.9. The maximum atomic E-state index is 13.0. The molecule has 0 radical (unpaired) electrons. The number of hydrogen-bond acceptors (Lipinski definition) is 3. The smallest absolute Gasteiger partial charge is 0.136 e. The first-order valence-electron chi connectivity index (χ1n) is 6.44. The van der Waals surface area contributed by atoms with Gasteiger partial charge in [-0.05, 0) is 30.5 Å². The predicted octanol–water partition coefficient (Wildman–Crippen LogP) is 1.98. The molecule has 3 atom stereocenters. The lowest BCUT2D eigenvalue weighted by atomic mass is 9.87. The van der Waals surface area contributed by atoms with E-state index in [9.17, 15) is 9.50 Å². The number of nitrogens with zero attached hydrogens (tertiary/aromatic N) is 3. The molecule has 3 rings (SSSR count). The number of benzene rings is 1. The number of rotatable bonds is 2. The molecule has 2 aromatic rings. The van der Waals surface area contributed by atoms with Crippen LogP contribution in [0.1, 0.15) is 36.1 Å². The first kappa shape index (κ1) is 12.3. The first-order valence-corrected chi connectivity index (χ1v) is 6.44. The lowest BCUT2D eigenvalue weighted by Crippen LogP contribution is -2.18. The van der Waals surface area contributed by atoms with E-state index in [4.69, 9.17) is 0 Å². The molecule has 100 valence electrons. The molecule has 0 saturated heterocycles. The van der Waals surface area contributed by atoms with Gasteiger partial charge in [-0.25, -0.2) is 4.39 Å². The van der Waals surface area contributed by atoms with Crippen LogP contribution in [-0.4, -0.2) is 26.0 Å². The third-order valence-corrected chi connectivity index (χ3v) is 3.95. The number of halogens is 1. The van der Waals surface area contributed by atoms with Crippen LogP contribution in [0.2, 0.25) is 0 Å². The van der Waals surface area contributed by atoms with Crippen molar-refractivity contribution in [2.24, 2.45) is 7.05 Å². The molecule has 4 nitrogen and oxygen atoms in total. The zero-order valence-electron chi connectivity index (χ0n) is 10.7. The van der Waals surface area contributed by atoms with Crippen molar-refractivity contribution in [1.29, 1.82) is 0 Å². The molecule has 1 aliphatic rings. The summed E-state index contributed by atoms with van der Waals surface area (Å²) in [5, 5.41) is 18.3. The molecular formula is C14H16FN3O. The number of hydrogen-bond donors (Lipinski definition) is 1. The van der Waals surface area contributed by atoms with E-state index in [1.54, 1.807) is 18.5 Å². The number of aromatic nitrogens is 3. The standard InChI is InChI=1S/C14H16FN3O/c1-18-8-16-17-14(18)11-6-7-12(19)13(11)9-2-4-10(15)5-3-9/h2-5,8,11-13,19H,6-7H2,1H3. The molecular weight excluding hydrogens is 245 g/mol. The zero-order valence-corrected chi connectivity index (χ0v) is 10.7. The predicted molar refractivity (Wildman–Crippen MR) is 68.1 cm³/mol. The van der Waals surface area contributed by atoms with E-state index in [0.717, 1.165) is 24.2 Å². The van der Waals surface area contributed by atoms with Gasteiger partial charge in [-0.3, -0.25) is 0 Å². The summed E-state index contributed by atoms with van der Waals surface area (Å²) in [5.41, 5.74) is 0.958. The summed E-state index contributed by atoms with van der Waals surface area (Å²) in [7, 11) is 1.90. The Labute approximate surface area is 110 Å². The van der Waals surface area contributed by atoms with Crippen molar-refractivity contribution in [2.45, 2.75) is 30.8 Å². The fourth-order valence-electron chi connectivity index (χ4n) is 3.03. The fraction of sp³-hybridized carbons (Fsp3) is 0.429. The van der Waals surface area contributed by atoms with Crippen molar-refractivity contribution in [3.63, 3.8) is 0 Å². The summed E-state index contributed by atoms with van der Waals surface area (Å²) in [4.78, 5) is 0. The van der Waals surface area contributed by atoms with Gasteiger partial charge in [0, 0.05) is 18.9 Å². The molecule has 1 N–H and O–H groups in total. The number of aliphatic hydroxyl groups excluding tert-OH is 1. The third kappa shape index (κ3) is 2.14. The van der Waals surface area contributed by atoms with Crippen LogP contribution >= 0.6 is 0 Å². The van der Waals surface area contributed by atoms with Crippen LogP contribution in [0.4, 0.5) is 4.39 Å². The van der Waals surface area contributed by atoms with Crippen LogP contribution < -0.4 is 0 Å². The van der Waals surface area contributed by atoms with E-state index in [-0.39, 0.29) is 17.7 Å². The van der Waals surface area contributed by atoms with Gasteiger partial charge in [0.25, 0.3) is 0 Å². The second-order valence-corrected chi connectivity index (χ2v) is 5.13. The summed E-state index contributed by atoms with van der Waals surface area (Å²) in [6.07, 6.45) is 2.86. The summed E-state index contributed by atoms with van der Waals surface area (Å²) in [5.74, 6) is 0.716. The molecule has 1 aliphatic carbocycles. The van der Waals surface area contributed by atoms with Gasteiger partial charge in [-0.1, -0.05) is 12.1 Å². The Morgan fingerprint density at radius 1 is 1.26 bits per heavy atom. The van der Waals surface area contributed by atoms with Crippen LogP contribution in [0.25, 0.3) is 0 Å². The maximum Gasteiger partial charge on any atom is 0.136 e. The van der Waals surface area contributed by atoms with Crippen LogP contribution in [0.15, 0.2) is 30.6 Å². The van der Waals surface area contributed by atoms with E-state index < -0.39 is 6.10 Å². The van der Waals surface area contributed by atoms with Crippen molar-refractivity contribution in [3.8, 4) is 0 Å². The molecule has 1 fully saturated rings. The Hall–Kier alpha value is -1.75. The van der Waals surface area contributed by atoms with E-state index in [0.29, 0.717) is 0 Å². The first-order chi connectivity index (χ1) is 9.16. The lowest BCUT2D eigenvalue weighted by Gasteiger charge is -2.21. The fourth-order valence-corrected chi connectivity index (χ4v) is 3.03. The van der Waals surface area contributed by atoms with Crippen molar-refractivity contribution < 1.29 is 9.50 Å². The van der Waals surface area contributed by atoms with Gasteiger partial charge in [0.15, 0.2) is 0 Å². The minimum Gasteiger partial charge on any atom is -0.392 e. The largest absolute Gasteiger partial charge is 0.392 e. The van der Waals surface area contributed by atoms with Crippen molar-refractivity contribution in [3.05, 3.63) is 47.8 Å². The van der Waals surface area contributed by atoms with Gasteiger partial charge in [-0.15, -0.1) is 10.2 Å². The van der Waals surface area contributed by atoms with E-state index in [2.05, 4.69) is 10.2 Å². The zero-order chi connectivity index (χ0) is 13.4. The Morgan fingerprint density at radius 3 is 2.63 bits per heavy atom. The molecule has 1 aromatic carbocycles. The Kier molecular flexibility index (Phi) is 3.06. The Balaban J connectivity index is 1.97. The normalized spacial score (nSPS) is 26.8. The minimum atomic E-state index is -0.410.